The first kappa shape index (κ1) is 13.4. The highest BCUT2D eigenvalue weighted by Crippen LogP contribution is 2.35. The van der Waals surface area contributed by atoms with E-state index in [0.29, 0.717) is 17.0 Å². The minimum Gasteiger partial charge on any atom is -0.368 e. The lowest BCUT2D eigenvalue weighted by Crippen LogP contribution is -2.28. The molecule has 0 N–H and O–H groups in total. The van der Waals surface area contributed by atoms with Gasteiger partial charge in [0.1, 0.15) is 0 Å². The van der Waals surface area contributed by atoms with Gasteiger partial charge in [0.05, 0.1) is 0 Å². The maximum absolute atomic E-state index is 11.2. The van der Waals surface area contributed by atoms with Gasteiger partial charge < -0.3 is 4.90 Å². The summed E-state index contributed by atoms with van der Waals surface area (Å²) in [7, 11) is 0. The van der Waals surface area contributed by atoms with Gasteiger partial charge in [0.15, 0.2) is 6.29 Å². The summed E-state index contributed by atoms with van der Waals surface area (Å²) >= 11 is 6.06. The fourth-order valence-corrected chi connectivity index (χ4v) is 2.31. The smallest absolute Gasteiger partial charge is 0.152 e. The summed E-state index contributed by atoms with van der Waals surface area (Å²) in [6, 6.07) is 6.11. The van der Waals surface area contributed by atoms with Crippen LogP contribution in [0.2, 0.25) is 5.02 Å². The summed E-state index contributed by atoms with van der Waals surface area (Å²) in [5.74, 6) is 0.671. The van der Waals surface area contributed by atoms with Gasteiger partial charge in [0, 0.05) is 28.9 Å². The molecule has 1 aromatic carbocycles. The Bertz CT molecular complexity index is 427. The maximum atomic E-state index is 11.2. The summed E-state index contributed by atoms with van der Waals surface area (Å²) in [4.78, 5) is 13.5. The van der Waals surface area contributed by atoms with E-state index in [9.17, 15) is 4.79 Å². The molecule has 0 aliphatic heterocycles. The first-order valence-corrected chi connectivity index (χ1v) is 7.01. The largest absolute Gasteiger partial charge is 0.368 e. The number of hydrogen-bond acceptors (Lipinski definition) is 2. The van der Waals surface area contributed by atoms with Gasteiger partial charge in [-0.1, -0.05) is 25.4 Å². The van der Waals surface area contributed by atoms with Crippen LogP contribution >= 0.6 is 11.6 Å². The summed E-state index contributed by atoms with van der Waals surface area (Å²) in [5, 5.41) is 0.700. The van der Waals surface area contributed by atoms with Gasteiger partial charge in [-0.2, -0.15) is 0 Å². The van der Waals surface area contributed by atoms with Crippen molar-refractivity contribution in [2.75, 3.05) is 11.4 Å². The highest BCUT2D eigenvalue weighted by molar-refractivity contribution is 6.31. The fourth-order valence-electron chi connectivity index (χ4n) is 2.15. The van der Waals surface area contributed by atoms with Gasteiger partial charge in [0.2, 0.25) is 0 Å². The van der Waals surface area contributed by atoms with Crippen molar-refractivity contribution >= 4 is 23.6 Å². The molecular formula is C15H20ClNO. The lowest BCUT2D eigenvalue weighted by Gasteiger charge is -2.27. The molecule has 1 aromatic rings. The van der Waals surface area contributed by atoms with Crippen molar-refractivity contribution in [3.05, 3.63) is 28.8 Å². The number of hydrogen-bond donors (Lipinski definition) is 0. The van der Waals surface area contributed by atoms with E-state index < -0.39 is 0 Å². The molecule has 98 valence electrons. The van der Waals surface area contributed by atoms with Crippen LogP contribution in [-0.4, -0.2) is 18.9 Å². The Morgan fingerprint density at radius 1 is 1.44 bits per heavy atom. The topological polar surface area (TPSA) is 20.3 Å². The third-order valence-electron chi connectivity index (χ3n) is 3.36. The Labute approximate surface area is 114 Å². The number of anilines is 1. The summed E-state index contributed by atoms with van der Waals surface area (Å²) < 4.78 is 0. The van der Waals surface area contributed by atoms with Gasteiger partial charge in [-0.25, -0.2) is 0 Å². The molecule has 0 spiro atoms. The molecule has 1 aliphatic rings. The van der Waals surface area contributed by atoms with Crippen molar-refractivity contribution in [2.45, 2.75) is 39.2 Å². The first-order chi connectivity index (χ1) is 8.61. The number of aldehydes is 1. The molecule has 1 fully saturated rings. The maximum Gasteiger partial charge on any atom is 0.152 e. The Kier molecular flexibility index (Phi) is 4.28. The molecule has 2 nitrogen and oxygen atoms in total. The number of halogens is 1. The van der Waals surface area contributed by atoms with Gasteiger partial charge in [-0.15, -0.1) is 0 Å². The van der Waals surface area contributed by atoms with Crippen LogP contribution in [0.1, 0.15) is 43.5 Å². The van der Waals surface area contributed by atoms with E-state index in [2.05, 4.69) is 18.7 Å². The number of rotatable bonds is 6. The monoisotopic (exact) mass is 265 g/mol. The van der Waals surface area contributed by atoms with Crippen LogP contribution in [0, 0.1) is 5.92 Å². The molecule has 2 rings (SSSR count). The average molecular weight is 266 g/mol. The summed E-state index contributed by atoms with van der Waals surface area (Å²) in [5.41, 5.74) is 1.75. The van der Waals surface area contributed by atoms with E-state index >= 15 is 0 Å². The van der Waals surface area contributed by atoms with E-state index in [-0.39, 0.29) is 0 Å². The highest BCUT2D eigenvalue weighted by atomic mass is 35.5. The van der Waals surface area contributed by atoms with E-state index in [4.69, 9.17) is 11.6 Å². The molecule has 0 aromatic heterocycles. The van der Waals surface area contributed by atoms with Crippen molar-refractivity contribution in [3.8, 4) is 0 Å². The van der Waals surface area contributed by atoms with Crippen molar-refractivity contribution < 1.29 is 4.79 Å². The predicted molar refractivity (Wildman–Crippen MR) is 76.7 cm³/mol. The Morgan fingerprint density at radius 3 is 2.72 bits per heavy atom. The number of carbonyl (C=O) groups excluding carboxylic acids is 1. The molecule has 0 heterocycles. The third kappa shape index (κ3) is 3.26. The average Bonchev–Trinajstić information content (AvgIpc) is 3.14. The normalized spacial score (nSPS) is 14.9. The minimum absolute atomic E-state index is 0.598. The minimum atomic E-state index is 0.598. The zero-order chi connectivity index (χ0) is 13.1. The van der Waals surface area contributed by atoms with Crippen LogP contribution in [0.5, 0.6) is 0 Å². The zero-order valence-electron chi connectivity index (χ0n) is 11.0. The van der Waals surface area contributed by atoms with Crippen LogP contribution in [0.25, 0.3) is 0 Å². The lowest BCUT2D eigenvalue weighted by atomic mass is 10.1. The van der Waals surface area contributed by atoms with Crippen molar-refractivity contribution in [2.24, 2.45) is 5.92 Å². The molecule has 18 heavy (non-hydrogen) atoms. The number of benzene rings is 1. The molecular weight excluding hydrogens is 246 g/mol. The first-order valence-electron chi connectivity index (χ1n) is 6.63. The van der Waals surface area contributed by atoms with E-state index in [1.807, 2.05) is 12.1 Å². The Balaban J connectivity index is 2.23. The number of carbonyl (C=O) groups is 1. The molecule has 0 bridgehead atoms. The van der Waals surface area contributed by atoms with E-state index in [0.717, 1.165) is 30.5 Å². The summed E-state index contributed by atoms with van der Waals surface area (Å²) in [6.45, 7) is 5.46. The third-order valence-corrected chi connectivity index (χ3v) is 3.60. The standard InChI is InChI=1S/C15H20ClNO/c1-11(2)7-8-17(14-5-6-14)15-9-13(16)4-3-12(15)10-18/h3-4,9-11,14H,5-8H2,1-2H3. The van der Waals surface area contributed by atoms with Crippen LogP contribution in [0.3, 0.4) is 0 Å². The van der Waals surface area contributed by atoms with Gasteiger partial charge >= 0.3 is 0 Å². The van der Waals surface area contributed by atoms with Crippen LogP contribution in [0.15, 0.2) is 18.2 Å². The summed E-state index contributed by atoms with van der Waals surface area (Å²) in [6.07, 6.45) is 4.52. The molecule has 0 atom stereocenters. The van der Waals surface area contributed by atoms with E-state index in [1.165, 1.54) is 12.8 Å². The Morgan fingerprint density at radius 2 is 2.17 bits per heavy atom. The molecule has 0 unspecified atom stereocenters. The van der Waals surface area contributed by atoms with Crippen LogP contribution < -0.4 is 4.90 Å². The van der Waals surface area contributed by atoms with Crippen LogP contribution in [-0.2, 0) is 0 Å². The number of nitrogens with zero attached hydrogens (tertiary/aromatic N) is 1. The molecule has 0 amide bonds. The molecule has 3 heteroatoms. The van der Waals surface area contributed by atoms with Crippen molar-refractivity contribution in [1.29, 1.82) is 0 Å². The fraction of sp³-hybridized carbons (Fsp3) is 0.533. The molecule has 1 aliphatic carbocycles. The SMILES string of the molecule is CC(C)CCN(c1cc(Cl)ccc1C=O)C1CC1. The van der Waals surface area contributed by atoms with Gasteiger partial charge in [0.25, 0.3) is 0 Å². The lowest BCUT2D eigenvalue weighted by molar-refractivity contribution is 0.112. The Hall–Kier alpha value is -1.02. The van der Waals surface area contributed by atoms with Gasteiger partial charge in [-0.05, 0) is 43.4 Å². The van der Waals surface area contributed by atoms with Crippen molar-refractivity contribution in [3.63, 3.8) is 0 Å². The molecule has 0 radical (unpaired) electrons. The van der Waals surface area contributed by atoms with Crippen molar-refractivity contribution in [1.82, 2.24) is 0 Å². The zero-order valence-corrected chi connectivity index (χ0v) is 11.8. The van der Waals surface area contributed by atoms with Gasteiger partial charge in [-0.3, -0.25) is 4.79 Å². The second kappa shape index (κ2) is 5.75. The van der Waals surface area contributed by atoms with E-state index in [1.54, 1.807) is 6.07 Å². The predicted octanol–water partition coefficient (Wildman–Crippen LogP) is 4.17. The highest BCUT2D eigenvalue weighted by Gasteiger charge is 2.30. The quantitative estimate of drug-likeness (QED) is 0.720. The molecule has 0 saturated heterocycles. The molecule has 1 saturated carbocycles. The van der Waals surface area contributed by atoms with Crippen LogP contribution in [0.4, 0.5) is 5.69 Å². The second-order valence-electron chi connectivity index (χ2n) is 5.43. The second-order valence-corrected chi connectivity index (χ2v) is 5.86.